The molecule has 1 heterocycles. The first kappa shape index (κ1) is 12.8. The summed E-state index contributed by atoms with van der Waals surface area (Å²) in [5.41, 5.74) is 7.34. The predicted octanol–water partition coefficient (Wildman–Crippen LogP) is 1.76. The van der Waals surface area contributed by atoms with Crippen LogP contribution in [0.3, 0.4) is 0 Å². The fraction of sp³-hybridized carbons (Fsp3) is 0.571. The van der Waals surface area contributed by atoms with E-state index in [1.54, 1.807) is 5.19 Å². The maximum absolute atomic E-state index is 5.92. The third-order valence-electron chi connectivity index (χ3n) is 3.53. The van der Waals surface area contributed by atoms with Crippen LogP contribution in [0.4, 0.5) is 0 Å². The lowest BCUT2D eigenvalue weighted by molar-refractivity contribution is 0.327. The van der Waals surface area contributed by atoms with E-state index in [1.807, 2.05) is 0 Å². The molecule has 0 bridgehead atoms. The summed E-state index contributed by atoms with van der Waals surface area (Å²) >= 11 is 0. The third-order valence-corrected chi connectivity index (χ3v) is 5.60. The van der Waals surface area contributed by atoms with Crippen LogP contribution in [0.1, 0.15) is 12.0 Å². The molecule has 0 radical (unpaired) electrons. The van der Waals surface area contributed by atoms with Crippen LogP contribution in [-0.4, -0.2) is 32.1 Å². The first-order valence-corrected chi connectivity index (χ1v) is 10.0. The molecular formula is C14H24N2Si. The third kappa shape index (κ3) is 3.41. The fourth-order valence-corrected chi connectivity index (χ4v) is 3.54. The average Bonchev–Trinajstić information content (AvgIpc) is 2.63. The van der Waals surface area contributed by atoms with Crippen molar-refractivity contribution in [3.63, 3.8) is 0 Å². The van der Waals surface area contributed by atoms with Crippen LogP contribution < -0.4 is 10.9 Å². The zero-order valence-corrected chi connectivity index (χ0v) is 12.2. The van der Waals surface area contributed by atoms with E-state index < -0.39 is 8.07 Å². The van der Waals surface area contributed by atoms with E-state index >= 15 is 0 Å². The highest BCUT2D eigenvalue weighted by Crippen LogP contribution is 2.12. The average molecular weight is 248 g/mol. The van der Waals surface area contributed by atoms with Crippen LogP contribution in [0.25, 0.3) is 0 Å². The molecule has 0 unspecified atom stereocenters. The molecule has 0 aliphatic carbocycles. The second-order valence-corrected chi connectivity index (χ2v) is 11.3. The lowest BCUT2D eigenvalue weighted by Crippen LogP contribution is -2.37. The molecule has 1 saturated heterocycles. The van der Waals surface area contributed by atoms with Crippen LogP contribution in [0.5, 0.6) is 0 Å². The minimum Gasteiger partial charge on any atom is -0.326 e. The molecule has 1 aliphatic rings. The quantitative estimate of drug-likeness (QED) is 0.826. The number of likely N-dealkylation sites (tertiary alicyclic amines) is 1. The molecule has 17 heavy (non-hydrogen) atoms. The summed E-state index contributed by atoms with van der Waals surface area (Å²) in [5.74, 6) is 0. The fourth-order valence-electron chi connectivity index (χ4n) is 2.37. The van der Waals surface area contributed by atoms with Crippen molar-refractivity contribution in [2.24, 2.45) is 5.73 Å². The molecule has 1 atom stereocenters. The largest absolute Gasteiger partial charge is 0.326 e. The Morgan fingerprint density at radius 1 is 1.24 bits per heavy atom. The number of hydrogen-bond donors (Lipinski definition) is 1. The Balaban J connectivity index is 1.99. The van der Waals surface area contributed by atoms with Gasteiger partial charge in [0.05, 0.1) is 8.07 Å². The van der Waals surface area contributed by atoms with Gasteiger partial charge in [-0.1, -0.05) is 49.1 Å². The lowest BCUT2D eigenvalue weighted by atomic mass is 10.2. The molecule has 0 spiro atoms. The van der Waals surface area contributed by atoms with Crippen molar-refractivity contribution in [3.05, 3.63) is 29.8 Å². The molecule has 1 fully saturated rings. The molecule has 94 valence electrons. The van der Waals surface area contributed by atoms with E-state index in [2.05, 4.69) is 48.8 Å². The van der Waals surface area contributed by atoms with Gasteiger partial charge in [-0.2, -0.15) is 0 Å². The van der Waals surface area contributed by atoms with Gasteiger partial charge in [-0.25, -0.2) is 0 Å². The summed E-state index contributed by atoms with van der Waals surface area (Å²) in [4.78, 5) is 2.45. The molecule has 3 heteroatoms. The molecule has 1 aliphatic heterocycles. The van der Waals surface area contributed by atoms with Crippen molar-refractivity contribution >= 4 is 13.3 Å². The van der Waals surface area contributed by atoms with Crippen LogP contribution >= 0.6 is 0 Å². The Labute approximate surface area is 106 Å². The lowest BCUT2D eigenvalue weighted by Gasteiger charge is -2.19. The summed E-state index contributed by atoms with van der Waals surface area (Å²) in [6.07, 6.45) is 1.15. The summed E-state index contributed by atoms with van der Waals surface area (Å²) in [5, 5.41) is 1.54. The first-order chi connectivity index (χ1) is 7.95. The monoisotopic (exact) mass is 248 g/mol. The predicted molar refractivity (Wildman–Crippen MR) is 77.3 cm³/mol. The normalized spacial score (nSPS) is 22.0. The smallest absolute Gasteiger partial charge is 0.0775 e. The minimum atomic E-state index is -1.15. The highest BCUT2D eigenvalue weighted by Gasteiger charge is 2.19. The number of nitrogens with zero attached hydrogens (tertiary/aromatic N) is 1. The Kier molecular flexibility index (Phi) is 3.71. The van der Waals surface area contributed by atoms with E-state index in [9.17, 15) is 0 Å². The van der Waals surface area contributed by atoms with Crippen LogP contribution in [-0.2, 0) is 6.54 Å². The summed E-state index contributed by atoms with van der Waals surface area (Å²) in [6, 6.07) is 9.60. The van der Waals surface area contributed by atoms with Gasteiger partial charge in [-0.3, -0.25) is 4.90 Å². The van der Waals surface area contributed by atoms with E-state index in [0.29, 0.717) is 6.04 Å². The zero-order valence-electron chi connectivity index (χ0n) is 11.2. The number of nitrogens with two attached hydrogens (primary N) is 1. The van der Waals surface area contributed by atoms with Crippen LogP contribution in [0.2, 0.25) is 19.6 Å². The van der Waals surface area contributed by atoms with Gasteiger partial charge in [0.2, 0.25) is 0 Å². The highest BCUT2D eigenvalue weighted by atomic mass is 28.3. The Hall–Kier alpha value is -0.643. The van der Waals surface area contributed by atoms with Crippen LogP contribution in [0.15, 0.2) is 24.3 Å². The van der Waals surface area contributed by atoms with Gasteiger partial charge in [0.15, 0.2) is 0 Å². The maximum Gasteiger partial charge on any atom is 0.0775 e. The van der Waals surface area contributed by atoms with Crippen LogP contribution in [0, 0.1) is 0 Å². The molecule has 1 aromatic rings. The Morgan fingerprint density at radius 2 is 1.88 bits per heavy atom. The van der Waals surface area contributed by atoms with Crippen molar-refractivity contribution in [1.29, 1.82) is 0 Å². The SMILES string of the molecule is C[Si](C)(C)c1ccc(CN2CC[C@@H](N)C2)cc1. The topological polar surface area (TPSA) is 29.3 Å². The van der Waals surface area contributed by atoms with Crippen molar-refractivity contribution < 1.29 is 0 Å². The number of hydrogen-bond acceptors (Lipinski definition) is 2. The van der Waals surface area contributed by atoms with Gasteiger partial charge >= 0.3 is 0 Å². The van der Waals surface area contributed by atoms with Gasteiger partial charge in [0.25, 0.3) is 0 Å². The highest BCUT2D eigenvalue weighted by molar-refractivity contribution is 6.88. The van der Waals surface area contributed by atoms with Gasteiger partial charge in [-0.05, 0) is 12.0 Å². The van der Waals surface area contributed by atoms with Crippen molar-refractivity contribution in [2.45, 2.75) is 38.6 Å². The van der Waals surface area contributed by atoms with E-state index in [0.717, 1.165) is 26.1 Å². The van der Waals surface area contributed by atoms with Gasteiger partial charge < -0.3 is 5.73 Å². The second-order valence-electron chi connectivity index (χ2n) is 6.23. The molecule has 2 nitrogen and oxygen atoms in total. The molecule has 0 aromatic heterocycles. The van der Waals surface area contributed by atoms with E-state index in [1.165, 1.54) is 5.56 Å². The Bertz CT molecular complexity index is 367. The van der Waals surface area contributed by atoms with E-state index in [4.69, 9.17) is 5.73 Å². The number of benzene rings is 1. The summed E-state index contributed by atoms with van der Waals surface area (Å²) < 4.78 is 0. The second kappa shape index (κ2) is 4.92. The van der Waals surface area contributed by atoms with Gasteiger partial charge in [0, 0.05) is 25.7 Å². The standard InChI is InChI=1S/C14H24N2Si/c1-17(2,3)14-6-4-12(5-7-14)10-16-9-8-13(15)11-16/h4-7,13H,8-11,15H2,1-3H3/t13-/m1/s1. The van der Waals surface area contributed by atoms with E-state index in [-0.39, 0.29) is 0 Å². The molecule has 1 aromatic carbocycles. The molecule has 0 saturated carbocycles. The molecule has 2 N–H and O–H groups in total. The summed E-state index contributed by atoms with van der Waals surface area (Å²) in [7, 11) is -1.15. The minimum absolute atomic E-state index is 0.385. The first-order valence-electron chi connectivity index (χ1n) is 6.52. The molecule has 0 amide bonds. The van der Waals surface area contributed by atoms with Crippen molar-refractivity contribution in [1.82, 2.24) is 4.90 Å². The summed E-state index contributed by atoms with van der Waals surface area (Å²) in [6.45, 7) is 10.4. The van der Waals surface area contributed by atoms with Gasteiger partial charge in [0.1, 0.15) is 0 Å². The molecule has 2 rings (SSSR count). The van der Waals surface area contributed by atoms with Crippen molar-refractivity contribution in [2.75, 3.05) is 13.1 Å². The van der Waals surface area contributed by atoms with Gasteiger partial charge in [-0.15, -0.1) is 0 Å². The van der Waals surface area contributed by atoms with Crippen molar-refractivity contribution in [3.8, 4) is 0 Å². The zero-order chi connectivity index (χ0) is 12.5. The number of rotatable bonds is 3. The Morgan fingerprint density at radius 3 is 2.35 bits per heavy atom. The molecular weight excluding hydrogens is 224 g/mol. The maximum atomic E-state index is 5.92.